The van der Waals surface area contributed by atoms with Crippen LogP contribution in [0.3, 0.4) is 0 Å². The fourth-order valence-corrected chi connectivity index (χ4v) is 1.30. The smallest absolute Gasteiger partial charge is 0.224 e. The topological polar surface area (TPSA) is 55.1 Å². The van der Waals surface area contributed by atoms with Crippen LogP contribution < -0.4 is 11.1 Å². The second-order valence-electron chi connectivity index (χ2n) is 3.51. The predicted octanol–water partition coefficient (Wildman–Crippen LogP) is 1.77. The minimum Gasteiger partial charge on any atom is -0.352 e. The molecule has 90 valence electrons. The van der Waals surface area contributed by atoms with E-state index in [-0.39, 0.29) is 24.4 Å². The molecular weight excluding hydrogens is 247 g/mol. The highest BCUT2D eigenvalue weighted by Crippen LogP contribution is 2.09. The summed E-state index contributed by atoms with van der Waals surface area (Å²) in [5, 5.41) is 3.47. The van der Waals surface area contributed by atoms with E-state index in [1.165, 1.54) is 0 Å². The second-order valence-corrected chi connectivity index (χ2v) is 3.94. The third-order valence-corrected chi connectivity index (χ3v) is 2.29. The zero-order chi connectivity index (χ0) is 11.3. The Hall–Kier alpha value is -0.770. The van der Waals surface area contributed by atoms with Crippen LogP contribution in [0.15, 0.2) is 24.3 Å². The van der Waals surface area contributed by atoms with Crippen molar-refractivity contribution in [1.29, 1.82) is 0 Å². The van der Waals surface area contributed by atoms with Crippen molar-refractivity contribution in [2.75, 3.05) is 6.54 Å². The van der Waals surface area contributed by atoms with Gasteiger partial charge in [-0.2, -0.15) is 0 Å². The molecule has 0 bridgehead atoms. The van der Waals surface area contributed by atoms with E-state index >= 15 is 0 Å². The summed E-state index contributed by atoms with van der Waals surface area (Å²) in [6, 6.07) is 7.25. The number of amides is 1. The number of hydrogen-bond donors (Lipinski definition) is 2. The molecule has 0 aliphatic heterocycles. The molecule has 1 amide bonds. The number of nitrogens with two attached hydrogens (primary N) is 1. The van der Waals surface area contributed by atoms with Gasteiger partial charge in [-0.05, 0) is 24.6 Å². The quantitative estimate of drug-likeness (QED) is 0.869. The summed E-state index contributed by atoms with van der Waals surface area (Å²) < 4.78 is 0. The van der Waals surface area contributed by atoms with E-state index in [9.17, 15) is 4.79 Å². The molecule has 0 aromatic heterocycles. The Kier molecular flexibility index (Phi) is 7.13. The van der Waals surface area contributed by atoms with E-state index in [1.807, 2.05) is 19.1 Å². The molecule has 0 aliphatic carbocycles. The van der Waals surface area contributed by atoms with Crippen molar-refractivity contribution in [3.63, 3.8) is 0 Å². The van der Waals surface area contributed by atoms with Gasteiger partial charge in [-0.1, -0.05) is 23.7 Å². The van der Waals surface area contributed by atoms with Crippen LogP contribution in [0.1, 0.15) is 12.5 Å². The fourth-order valence-electron chi connectivity index (χ4n) is 1.17. The number of benzene rings is 1. The molecule has 5 heteroatoms. The SMILES string of the molecule is C[C@H](CN)NC(=O)Cc1ccc(Cl)cc1.Cl. The van der Waals surface area contributed by atoms with Crippen LogP contribution in [-0.4, -0.2) is 18.5 Å². The molecule has 0 heterocycles. The van der Waals surface area contributed by atoms with Crippen molar-refractivity contribution in [2.45, 2.75) is 19.4 Å². The van der Waals surface area contributed by atoms with Gasteiger partial charge in [-0.3, -0.25) is 4.79 Å². The lowest BCUT2D eigenvalue weighted by atomic mass is 10.1. The van der Waals surface area contributed by atoms with Crippen LogP contribution >= 0.6 is 24.0 Å². The van der Waals surface area contributed by atoms with Crippen molar-refractivity contribution < 1.29 is 4.79 Å². The normalized spacial score (nSPS) is 11.4. The minimum atomic E-state index is -0.0183. The standard InChI is InChI=1S/C11H15ClN2O.ClH/c1-8(7-13)14-11(15)6-9-2-4-10(12)5-3-9;/h2-5,8H,6-7,13H2,1H3,(H,14,15);1H/t8-;/m1./s1. The van der Waals surface area contributed by atoms with Gasteiger partial charge in [-0.25, -0.2) is 0 Å². The number of rotatable bonds is 4. The van der Waals surface area contributed by atoms with Gasteiger partial charge < -0.3 is 11.1 Å². The zero-order valence-corrected chi connectivity index (χ0v) is 10.6. The lowest BCUT2D eigenvalue weighted by molar-refractivity contribution is -0.120. The first-order chi connectivity index (χ1) is 7.11. The highest BCUT2D eigenvalue weighted by molar-refractivity contribution is 6.30. The summed E-state index contributed by atoms with van der Waals surface area (Å²) in [5.74, 6) is -0.0183. The molecule has 0 radical (unpaired) electrons. The molecular formula is C11H16Cl2N2O. The lowest BCUT2D eigenvalue weighted by Gasteiger charge is -2.10. The molecule has 1 atom stereocenters. The molecule has 0 spiro atoms. The maximum Gasteiger partial charge on any atom is 0.224 e. The van der Waals surface area contributed by atoms with Crippen LogP contribution in [0, 0.1) is 0 Å². The monoisotopic (exact) mass is 262 g/mol. The first-order valence-electron chi connectivity index (χ1n) is 4.85. The molecule has 0 aliphatic rings. The molecule has 0 saturated heterocycles. The molecule has 1 aromatic rings. The van der Waals surface area contributed by atoms with E-state index < -0.39 is 0 Å². The molecule has 3 nitrogen and oxygen atoms in total. The van der Waals surface area contributed by atoms with Gasteiger partial charge in [0.2, 0.25) is 5.91 Å². The Morgan fingerprint density at radius 3 is 2.50 bits per heavy atom. The number of carbonyl (C=O) groups excluding carboxylic acids is 1. The Bertz CT molecular complexity index is 327. The van der Waals surface area contributed by atoms with Gasteiger partial charge in [-0.15, -0.1) is 12.4 Å². The summed E-state index contributed by atoms with van der Waals surface area (Å²) in [4.78, 5) is 11.5. The van der Waals surface area contributed by atoms with E-state index in [1.54, 1.807) is 12.1 Å². The number of halogens is 2. The molecule has 0 unspecified atom stereocenters. The van der Waals surface area contributed by atoms with Crippen molar-refractivity contribution in [3.05, 3.63) is 34.9 Å². The largest absolute Gasteiger partial charge is 0.352 e. The maximum atomic E-state index is 11.5. The summed E-state index contributed by atoms with van der Waals surface area (Å²) in [6.07, 6.45) is 0.363. The third-order valence-electron chi connectivity index (χ3n) is 2.04. The zero-order valence-electron chi connectivity index (χ0n) is 9.07. The fraction of sp³-hybridized carbons (Fsp3) is 0.364. The van der Waals surface area contributed by atoms with Crippen LogP contribution in [0.4, 0.5) is 0 Å². The highest BCUT2D eigenvalue weighted by atomic mass is 35.5. The third kappa shape index (κ3) is 5.35. The van der Waals surface area contributed by atoms with Gasteiger partial charge in [0.1, 0.15) is 0 Å². The summed E-state index contributed by atoms with van der Waals surface area (Å²) in [6.45, 7) is 2.33. The molecule has 0 fully saturated rings. The summed E-state index contributed by atoms with van der Waals surface area (Å²) in [7, 11) is 0. The summed E-state index contributed by atoms with van der Waals surface area (Å²) in [5.41, 5.74) is 6.35. The van der Waals surface area contributed by atoms with E-state index in [0.717, 1.165) is 5.56 Å². The van der Waals surface area contributed by atoms with Crippen LogP contribution in [0.25, 0.3) is 0 Å². The summed E-state index contributed by atoms with van der Waals surface area (Å²) >= 11 is 5.74. The van der Waals surface area contributed by atoms with Crippen molar-refractivity contribution in [3.8, 4) is 0 Å². The van der Waals surface area contributed by atoms with Gasteiger partial charge in [0, 0.05) is 17.6 Å². The first kappa shape index (κ1) is 15.2. The van der Waals surface area contributed by atoms with Crippen molar-refractivity contribution in [1.82, 2.24) is 5.32 Å². The molecule has 1 rings (SSSR count). The van der Waals surface area contributed by atoms with Crippen LogP contribution in [0.2, 0.25) is 5.02 Å². The van der Waals surface area contributed by atoms with Crippen LogP contribution in [-0.2, 0) is 11.2 Å². The van der Waals surface area contributed by atoms with Gasteiger partial charge in [0.15, 0.2) is 0 Å². The lowest BCUT2D eigenvalue weighted by Crippen LogP contribution is -2.38. The van der Waals surface area contributed by atoms with E-state index in [0.29, 0.717) is 18.0 Å². The van der Waals surface area contributed by atoms with Crippen LogP contribution in [0.5, 0.6) is 0 Å². The molecule has 3 N–H and O–H groups in total. The maximum absolute atomic E-state index is 11.5. The first-order valence-corrected chi connectivity index (χ1v) is 5.23. The van der Waals surface area contributed by atoms with E-state index in [4.69, 9.17) is 17.3 Å². The highest BCUT2D eigenvalue weighted by Gasteiger charge is 2.06. The second kappa shape index (κ2) is 7.49. The predicted molar refractivity (Wildman–Crippen MR) is 69.1 cm³/mol. The molecule has 1 aromatic carbocycles. The van der Waals surface area contributed by atoms with Crippen molar-refractivity contribution in [2.24, 2.45) is 5.73 Å². The Balaban J connectivity index is 0.00000225. The molecule has 16 heavy (non-hydrogen) atoms. The van der Waals surface area contributed by atoms with Gasteiger partial charge >= 0.3 is 0 Å². The Morgan fingerprint density at radius 2 is 2.00 bits per heavy atom. The Morgan fingerprint density at radius 1 is 1.44 bits per heavy atom. The van der Waals surface area contributed by atoms with Gasteiger partial charge in [0.05, 0.1) is 6.42 Å². The Labute approximate surface area is 107 Å². The minimum absolute atomic E-state index is 0. The number of carbonyl (C=O) groups is 1. The molecule has 0 saturated carbocycles. The average Bonchev–Trinajstić information content (AvgIpc) is 2.21. The van der Waals surface area contributed by atoms with Crippen molar-refractivity contribution >= 4 is 29.9 Å². The number of hydrogen-bond acceptors (Lipinski definition) is 2. The van der Waals surface area contributed by atoms with E-state index in [2.05, 4.69) is 5.32 Å². The average molecular weight is 263 g/mol. The number of nitrogens with one attached hydrogen (secondary N) is 1. The van der Waals surface area contributed by atoms with Gasteiger partial charge in [0.25, 0.3) is 0 Å².